The molecule has 4 rings (SSSR count). The lowest BCUT2D eigenvalue weighted by Crippen LogP contribution is -2.18. The van der Waals surface area contributed by atoms with Crippen LogP contribution in [-0.4, -0.2) is 28.9 Å². The average Bonchev–Trinajstić information content (AvgIpc) is 3.25. The molecular weight excluding hydrogens is 364 g/mol. The van der Waals surface area contributed by atoms with Crippen molar-refractivity contribution < 1.29 is 9.53 Å². The molecule has 0 aliphatic heterocycles. The number of amides is 1. The second-order valence-electron chi connectivity index (χ2n) is 6.39. The molecule has 0 unspecified atom stereocenters. The summed E-state index contributed by atoms with van der Waals surface area (Å²) in [6.07, 6.45) is 1.64. The van der Waals surface area contributed by atoms with Crippen molar-refractivity contribution in [1.29, 1.82) is 0 Å². The summed E-state index contributed by atoms with van der Waals surface area (Å²) < 4.78 is 5.44. The van der Waals surface area contributed by atoms with Crippen LogP contribution in [0.5, 0.6) is 5.75 Å². The molecular formula is C23H20N4O2. The van der Waals surface area contributed by atoms with Crippen molar-refractivity contribution in [3.63, 3.8) is 0 Å². The van der Waals surface area contributed by atoms with E-state index in [0.29, 0.717) is 18.0 Å². The average molecular weight is 384 g/mol. The number of rotatable bonds is 6. The van der Waals surface area contributed by atoms with Gasteiger partial charge in [-0.15, -0.1) is 0 Å². The van der Waals surface area contributed by atoms with Gasteiger partial charge in [0.1, 0.15) is 11.4 Å². The van der Waals surface area contributed by atoms with Crippen molar-refractivity contribution in [3.05, 3.63) is 84.1 Å². The van der Waals surface area contributed by atoms with E-state index in [-0.39, 0.29) is 5.91 Å². The van der Waals surface area contributed by atoms with Crippen molar-refractivity contribution in [2.75, 3.05) is 6.61 Å². The summed E-state index contributed by atoms with van der Waals surface area (Å²) in [5.41, 5.74) is 5.38. The Morgan fingerprint density at radius 1 is 1.10 bits per heavy atom. The van der Waals surface area contributed by atoms with Gasteiger partial charge in [0.05, 0.1) is 18.5 Å². The van der Waals surface area contributed by atoms with Gasteiger partial charge in [-0.05, 0) is 48.0 Å². The lowest BCUT2D eigenvalue weighted by atomic mass is 10.1. The predicted octanol–water partition coefficient (Wildman–Crippen LogP) is 4.39. The quantitative estimate of drug-likeness (QED) is 0.382. The third kappa shape index (κ3) is 4.16. The highest BCUT2D eigenvalue weighted by molar-refractivity contribution is 6.00. The number of aromatic nitrogens is 2. The van der Waals surface area contributed by atoms with Gasteiger partial charge in [-0.2, -0.15) is 10.2 Å². The maximum Gasteiger partial charge on any atom is 0.289 e. The molecule has 6 nitrogen and oxygen atoms in total. The topological polar surface area (TPSA) is 79.4 Å². The van der Waals surface area contributed by atoms with Crippen molar-refractivity contribution in [2.24, 2.45) is 5.10 Å². The molecule has 0 atom stereocenters. The Labute approximate surface area is 168 Å². The molecule has 0 saturated carbocycles. The molecule has 1 aromatic heterocycles. The van der Waals surface area contributed by atoms with E-state index < -0.39 is 0 Å². The summed E-state index contributed by atoms with van der Waals surface area (Å²) in [5.74, 6) is 0.443. The molecule has 6 heteroatoms. The smallest absolute Gasteiger partial charge is 0.289 e. The minimum Gasteiger partial charge on any atom is -0.494 e. The van der Waals surface area contributed by atoms with E-state index in [0.717, 1.165) is 27.6 Å². The summed E-state index contributed by atoms with van der Waals surface area (Å²) in [5, 5.41) is 13.3. The van der Waals surface area contributed by atoms with Crippen LogP contribution in [0, 0.1) is 0 Å². The van der Waals surface area contributed by atoms with Crippen LogP contribution in [0.15, 0.2) is 77.9 Å². The Kier molecular flexibility index (Phi) is 5.33. The maximum absolute atomic E-state index is 12.4. The molecule has 0 saturated heterocycles. The number of benzene rings is 3. The van der Waals surface area contributed by atoms with Gasteiger partial charge < -0.3 is 4.74 Å². The first-order chi connectivity index (χ1) is 14.2. The van der Waals surface area contributed by atoms with Gasteiger partial charge in [0.25, 0.3) is 5.91 Å². The van der Waals surface area contributed by atoms with Gasteiger partial charge in [0, 0.05) is 11.1 Å². The summed E-state index contributed by atoms with van der Waals surface area (Å²) in [6, 6.07) is 23.2. The Balaban J connectivity index is 1.44. The number of ether oxygens (including phenoxy) is 1. The number of hydrazone groups is 1. The van der Waals surface area contributed by atoms with Gasteiger partial charge >= 0.3 is 0 Å². The number of aromatic amines is 1. The number of hydrogen-bond donors (Lipinski definition) is 2. The summed E-state index contributed by atoms with van der Waals surface area (Å²) in [7, 11) is 0. The summed E-state index contributed by atoms with van der Waals surface area (Å²) in [4.78, 5) is 12.4. The monoisotopic (exact) mass is 384 g/mol. The largest absolute Gasteiger partial charge is 0.494 e. The predicted molar refractivity (Wildman–Crippen MR) is 114 cm³/mol. The Bertz CT molecular complexity index is 1160. The maximum atomic E-state index is 12.4. The zero-order chi connectivity index (χ0) is 20.1. The Hall–Kier alpha value is -3.93. The van der Waals surface area contributed by atoms with Gasteiger partial charge in [-0.3, -0.25) is 9.89 Å². The second-order valence-corrected chi connectivity index (χ2v) is 6.39. The third-order valence-corrected chi connectivity index (χ3v) is 4.48. The molecule has 4 aromatic rings. The fourth-order valence-corrected chi connectivity index (χ4v) is 3.06. The van der Waals surface area contributed by atoms with Crippen LogP contribution < -0.4 is 10.2 Å². The summed E-state index contributed by atoms with van der Waals surface area (Å²) in [6.45, 7) is 2.56. The third-order valence-electron chi connectivity index (χ3n) is 4.48. The van der Waals surface area contributed by atoms with Crippen LogP contribution in [0.1, 0.15) is 23.0 Å². The van der Waals surface area contributed by atoms with E-state index in [4.69, 9.17) is 4.74 Å². The SMILES string of the molecule is CCOc1ccc(-c2cc(C(=O)N/N=C/c3cccc4ccccc34)[nH]n2)cc1. The molecule has 144 valence electrons. The molecule has 0 aliphatic carbocycles. The van der Waals surface area contributed by atoms with E-state index >= 15 is 0 Å². The zero-order valence-electron chi connectivity index (χ0n) is 15.9. The molecule has 0 radical (unpaired) electrons. The molecule has 0 bridgehead atoms. The molecule has 0 fully saturated rings. The van der Waals surface area contributed by atoms with Crippen LogP contribution in [-0.2, 0) is 0 Å². The van der Waals surface area contributed by atoms with Gasteiger partial charge in [-0.1, -0.05) is 42.5 Å². The van der Waals surface area contributed by atoms with E-state index in [9.17, 15) is 4.79 Å². The Morgan fingerprint density at radius 2 is 1.90 bits per heavy atom. The second kappa shape index (κ2) is 8.39. The highest BCUT2D eigenvalue weighted by Gasteiger charge is 2.10. The Morgan fingerprint density at radius 3 is 2.72 bits per heavy atom. The molecule has 3 aromatic carbocycles. The minimum atomic E-state index is -0.355. The fraction of sp³-hybridized carbons (Fsp3) is 0.0870. The number of fused-ring (bicyclic) bond motifs is 1. The van der Waals surface area contributed by atoms with Crippen molar-refractivity contribution in [1.82, 2.24) is 15.6 Å². The fourth-order valence-electron chi connectivity index (χ4n) is 3.06. The van der Waals surface area contributed by atoms with Crippen molar-refractivity contribution in [3.8, 4) is 17.0 Å². The van der Waals surface area contributed by atoms with E-state index in [1.165, 1.54) is 0 Å². The minimum absolute atomic E-state index is 0.337. The first kappa shape index (κ1) is 18.4. The number of carbonyl (C=O) groups excluding carboxylic acids is 1. The van der Waals surface area contributed by atoms with Crippen LogP contribution in [0.4, 0.5) is 0 Å². The number of nitrogens with one attached hydrogen (secondary N) is 2. The van der Waals surface area contributed by atoms with Gasteiger partial charge in [0.15, 0.2) is 0 Å². The van der Waals surface area contributed by atoms with Crippen LogP contribution in [0.2, 0.25) is 0 Å². The van der Waals surface area contributed by atoms with Crippen LogP contribution in [0.3, 0.4) is 0 Å². The molecule has 2 N–H and O–H groups in total. The van der Waals surface area contributed by atoms with E-state index in [1.54, 1.807) is 12.3 Å². The van der Waals surface area contributed by atoms with E-state index in [2.05, 4.69) is 20.7 Å². The first-order valence-corrected chi connectivity index (χ1v) is 9.34. The van der Waals surface area contributed by atoms with Gasteiger partial charge in [-0.25, -0.2) is 5.43 Å². The standard InChI is InChI=1S/C23H20N4O2/c1-2-29-19-12-10-17(11-13-19)21-14-22(26-25-21)23(28)27-24-15-18-8-5-7-16-6-3-4-9-20(16)18/h3-15H,2H2,1H3,(H,25,26)(H,27,28)/b24-15+. The number of H-pyrrole nitrogens is 1. The molecule has 29 heavy (non-hydrogen) atoms. The zero-order valence-corrected chi connectivity index (χ0v) is 15.9. The van der Waals surface area contributed by atoms with E-state index in [1.807, 2.05) is 73.7 Å². The van der Waals surface area contributed by atoms with Crippen molar-refractivity contribution >= 4 is 22.9 Å². The van der Waals surface area contributed by atoms with Crippen molar-refractivity contribution in [2.45, 2.75) is 6.92 Å². The molecule has 0 spiro atoms. The molecule has 1 amide bonds. The van der Waals surface area contributed by atoms with Crippen LogP contribution in [0.25, 0.3) is 22.0 Å². The highest BCUT2D eigenvalue weighted by Crippen LogP contribution is 2.21. The van der Waals surface area contributed by atoms with Crippen LogP contribution >= 0.6 is 0 Å². The number of hydrogen-bond acceptors (Lipinski definition) is 4. The first-order valence-electron chi connectivity index (χ1n) is 9.34. The normalized spacial score (nSPS) is 11.1. The number of nitrogens with zero attached hydrogens (tertiary/aromatic N) is 2. The molecule has 0 aliphatic rings. The lowest BCUT2D eigenvalue weighted by molar-refractivity contribution is 0.0950. The number of carbonyl (C=O) groups is 1. The molecule has 1 heterocycles. The summed E-state index contributed by atoms with van der Waals surface area (Å²) >= 11 is 0. The lowest BCUT2D eigenvalue weighted by Gasteiger charge is -2.02. The highest BCUT2D eigenvalue weighted by atomic mass is 16.5. The van der Waals surface area contributed by atoms with Gasteiger partial charge in [0.2, 0.25) is 0 Å².